The van der Waals surface area contributed by atoms with Gasteiger partial charge in [0, 0.05) is 17.1 Å². The van der Waals surface area contributed by atoms with Gasteiger partial charge >= 0.3 is 0 Å². The molecule has 1 N–H and O–H groups in total. The number of aliphatic hydroxyl groups is 1. The first kappa shape index (κ1) is 17.3. The predicted octanol–water partition coefficient (Wildman–Crippen LogP) is 4.81. The molecular formula is C22H22ClNO2. The summed E-state index contributed by atoms with van der Waals surface area (Å²) in [6.45, 7) is 3.30. The minimum absolute atomic E-state index is 0.593. The number of hydrogen-bond donors (Lipinski definition) is 1. The lowest BCUT2D eigenvalue weighted by Crippen LogP contribution is -2.28. The molecule has 0 saturated carbocycles. The van der Waals surface area contributed by atoms with Crippen LogP contribution in [0, 0.1) is 0 Å². The van der Waals surface area contributed by atoms with E-state index < -0.39 is 5.60 Å². The third kappa shape index (κ3) is 3.30. The van der Waals surface area contributed by atoms with Crippen LogP contribution in [0.15, 0.2) is 71.5 Å². The van der Waals surface area contributed by atoms with Gasteiger partial charge in [0.15, 0.2) is 0 Å². The molecule has 4 rings (SSSR count). The maximum absolute atomic E-state index is 11.7. The van der Waals surface area contributed by atoms with E-state index in [0.29, 0.717) is 10.6 Å². The second-order valence-electron chi connectivity index (χ2n) is 6.91. The molecule has 2 heterocycles. The van der Waals surface area contributed by atoms with Crippen molar-refractivity contribution >= 4 is 11.6 Å². The largest absolute Gasteiger partial charge is 0.472 e. The van der Waals surface area contributed by atoms with Gasteiger partial charge in [-0.15, -0.1) is 0 Å². The van der Waals surface area contributed by atoms with Crippen molar-refractivity contribution in [3.05, 3.63) is 94.4 Å². The molecule has 4 heteroatoms. The lowest BCUT2D eigenvalue weighted by molar-refractivity contribution is 0.125. The number of halogens is 1. The second-order valence-corrected chi connectivity index (χ2v) is 7.35. The van der Waals surface area contributed by atoms with Crippen molar-refractivity contribution < 1.29 is 9.52 Å². The van der Waals surface area contributed by atoms with Crippen molar-refractivity contribution in [1.82, 2.24) is 4.90 Å². The highest BCUT2D eigenvalue weighted by Crippen LogP contribution is 2.38. The van der Waals surface area contributed by atoms with Crippen LogP contribution >= 0.6 is 11.6 Å². The molecule has 0 aliphatic carbocycles. The van der Waals surface area contributed by atoms with Crippen LogP contribution in [0.4, 0.5) is 0 Å². The average molecular weight is 368 g/mol. The van der Waals surface area contributed by atoms with Crippen LogP contribution in [0.3, 0.4) is 0 Å². The molecule has 1 aromatic heterocycles. The number of likely N-dealkylation sites (tertiary alicyclic amines) is 1. The van der Waals surface area contributed by atoms with Gasteiger partial charge in [-0.2, -0.15) is 0 Å². The van der Waals surface area contributed by atoms with Gasteiger partial charge in [-0.1, -0.05) is 48.0 Å². The van der Waals surface area contributed by atoms with Gasteiger partial charge < -0.3 is 9.52 Å². The second kappa shape index (κ2) is 7.28. The first-order valence-corrected chi connectivity index (χ1v) is 9.37. The first-order chi connectivity index (χ1) is 12.7. The fourth-order valence-corrected chi connectivity index (χ4v) is 3.92. The summed E-state index contributed by atoms with van der Waals surface area (Å²) in [5, 5.41) is 12.3. The van der Waals surface area contributed by atoms with Crippen LogP contribution in [0.5, 0.6) is 0 Å². The molecule has 1 fully saturated rings. The summed E-state index contributed by atoms with van der Waals surface area (Å²) >= 11 is 6.18. The van der Waals surface area contributed by atoms with Crippen LogP contribution in [-0.4, -0.2) is 23.1 Å². The van der Waals surface area contributed by atoms with Gasteiger partial charge in [0.2, 0.25) is 0 Å². The Morgan fingerprint density at radius 3 is 2.38 bits per heavy atom. The lowest BCUT2D eigenvalue weighted by Gasteiger charge is -2.29. The standard InChI is InChI=1S/C22H22ClNO2/c23-21-5-3-4-19(14-21)22(25,20-10-13-26-16-20)18-8-6-17(7-9-18)15-24-11-1-2-12-24/h3-10,13-14,16,25H,1-2,11-12,15H2. The molecule has 0 spiro atoms. The Kier molecular flexibility index (Phi) is 4.86. The van der Waals surface area contributed by atoms with E-state index in [-0.39, 0.29) is 0 Å². The molecule has 0 bridgehead atoms. The topological polar surface area (TPSA) is 36.6 Å². The molecule has 0 amide bonds. The SMILES string of the molecule is OC(c1ccc(CN2CCCC2)cc1)(c1ccoc1)c1cccc(Cl)c1. The molecule has 26 heavy (non-hydrogen) atoms. The van der Waals surface area contributed by atoms with Crippen molar-refractivity contribution in [2.75, 3.05) is 13.1 Å². The van der Waals surface area contributed by atoms with Crippen LogP contribution in [0.25, 0.3) is 0 Å². The molecule has 3 nitrogen and oxygen atoms in total. The van der Waals surface area contributed by atoms with Gasteiger partial charge in [-0.05, 0) is 60.8 Å². The van der Waals surface area contributed by atoms with Gasteiger partial charge in [0.1, 0.15) is 5.60 Å². The maximum Gasteiger partial charge on any atom is 0.143 e. The quantitative estimate of drug-likeness (QED) is 0.702. The zero-order valence-corrected chi connectivity index (χ0v) is 15.3. The van der Waals surface area contributed by atoms with E-state index in [9.17, 15) is 5.11 Å². The molecular weight excluding hydrogens is 346 g/mol. The first-order valence-electron chi connectivity index (χ1n) is 8.99. The van der Waals surface area contributed by atoms with E-state index in [1.54, 1.807) is 30.7 Å². The zero-order chi connectivity index (χ0) is 18.0. The van der Waals surface area contributed by atoms with Crippen LogP contribution < -0.4 is 0 Å². The Morgan fingerprint density at radius 2 is 1.73 bits per heavy atom. The molecule has 1 atom stereocenters. The summed E-state index contributed by atoms with van der Waals surface area (Å²) in [7, 11) is 0. The van der Waals surface area contributed by atoms with E-state index in [1.165, 1.54) is 31.5 Å². The highest BCUT2D eigenvalue weighted by atomic mass is 35.5. The molecule has 1 saturated heterocycles. The Bertz CT molecular complexity index is 854. The Balaban J connectivity index is 1.70. The summed E-state index contributed by atoms with van der Waals surface area (Å²) in [6, 6.07) is 17.3. The summed E-state index contributed by atoms with van der Waals surface area (Å²) < 4.78 is 5.25. The minimum Gasteiger partial charge on any atom is -0.472 e. The monoisotopic (exact) mass is 367 g/mol. The zero-order valence-electron chi connectivity index (χ0n) is 14.6. The van der Waals surface area contributed by atoms with Gasteiger partial charge in [0.05, 0.1) is 12.5 Å². The summed E-state index contributed by atoms with van der Waals surface area (Å²) in [5.41, 5.74) is 2.16. The number of furan rings is 1. The molecule has 134 valence electrons. The average Bonchev–Trinajstić information content (AvgIpc) is 3.36. The highest BCUT2D eigenvalue weighted by Gasteiger charge is 2.35. The van der Waals surface area contributed by atoms with E-state index >= 15 is 0 Å². The van der Waals surface area contributed by atoms with Crippen LogP contribution in [0.1, 0.15) is 35.1 Å². The minimum atomic E-state index is -1.30. The van der Waals surface area contributed by atoms with Crippen molar-refractivity contribution in [2.24, 2.45) is 0 Å². The third-order valence-corrected chi connectivity index (χ3v) is 5.39. The van der Waals surface area contributed by atoms with Gasteiger partial charge in [-0.3, -0.25) is 4.90 Å². The fraction of sp³-hybridized carbons (Fsp3) is 0.273. The third-order valence-electron chi connectivity index (χ3n) is 5.16. The number of rotatable bonds is 5. The molecule has 2 aromatic carbocycles. The smallest absolute Gasteiger partial charge is 0.143 e. The Labute approximate surface area is 158 Å². The van der Waals surface area contributed by atoms with Crippen molar-refractivity contribution in [2.45, 2.75) is 25.0 Å². The van der Waals surface area contributed by atoms with Gasteiger partial charge in [0.25, 0.3) is 0 Å². The Morgan fingerprint density at radius 1 is 0.962 bits per heavy atom. The van der Waals surface area contributed by atoms with E-state index in [2.05, 4.69) is 17.0 Å². The van der Waals surface area contributed by atoms with Crippen LogP contribution in [0.2, 0.25) is 5.02 Å². The molecule has 1 aliphatic rings. The molecule has 3 aromatic rings. The highest BCUT2D eigenvalue weighted by molar-refractivity contribution is 6.30. The molecule has 1 unspecified atom stereocenters. The number of benzene rings is 2. The van der Waals surface area contributed by atoms with Gasteiger partial charge in [-0.25, -0.2) is 0 Å². The summed E-state index contributed by atoms with van der Waals surface area (Å²) in [6.07, 6.45) is 5.73. The summed E-state index contributed by atoms with van der Waals surface area (Å²) in [4.78, 5) is 2.47. The van der Waals surface area contributed by atoms with Crippen molar-refractivity contribution in [1.29, 1.82) is 0 Å². The molecule has 1 aliphatic heterocycles. The molecule has 0 radical (unpaired) electrons. The summed E-state index contributed by atoms with van der Waals surface area (Å²) in [5.74, 6) is 0. The Hall–Kier alpha value is -2.07. The fourth-order valence-electron chi connectivity index (χ4n) is 3.73. The lowest BCUT2D eigenvalue weighted by atomic mass is 9.81. The van der Waals surface area contributed by atoms with Crippen molar-refractivity contribution in [3.8, 4) is 0 Å². The van der Waals surface area contributed by atoms with E-state index in [0.717, 1.165) is 17.7 Å². The maximum atomic E-state index is 11.7. The normalized spacial score (nSPS) is 17.3. The predicted molar refractivity (Wildman–Crippen MR) is 103 cm³/mol. The number of nitrogens with zero attached hydrogens (tertiary/aromatic N) is 1. The van der Waals surface area contributed by atoms with E-state index in [1.807, 2.05) is 24.3 Å². The van der Waals surface area contributed by atoms with Crippen LogP contribution in [-0.2, 0) is 12.1 Å². The number of hydrogen-bond acceptors (Lipinski definition) is 3. The van der Waals surface area contributed by atoms with Crippen molar-refractivity contribution in [3.63, 3.8) is 0 Å². The van der Waals surface area contributed by atoms with E-state index in [4.69, 9.17) is 16.0 Å².